The monoisotopic (exact) mass is 244 g/mol. The van der Waals surface area contributed by atoms with Crippen LogP contribution in [0.2, 0.25) is 0 Å². The van der Waals surface area contributed by atoms with Crippen molar-refractivity contribution in [2.45, 2.75) is 6.42 Å². The quantitative estimate of drug-likeness (QED) is 0.684. The lowest BCUT2D eigenvalue weighted by atomic mass is 10.0. The normalized spacial score (nSPS) is 10.3. The van der Waals surface area contributed by atoms with Crippen LogP contribution in [0.5, 0.6) is 0 Å². The van der Waals surface area contributed by atoms with E-state index in [1.807, 2.05) is 24.4 Å². The number of benzene rings is 2. The molecule has 2 nitrogen and oxygen atoms in total. The molecule has 1 heterocycles. The summed E-state index contributed by atoms with van der Waals surface area (Å²) in [5.41, 5.74) is 4.34. The van der Waals surface area contributed by atoms with Gasteiger partial charge in [0.15, 0.2) is 0 Å². The van der Waals surface area contributed by atoms with Gasteiger partial charge in [-0.2, -0.15) is 5.26 Å². The fourth-order valence-corrected chi connectivity index (χ4v) is 2.15. The molecule has 3 aromatic rings. The van der Waals surface area contributed by atoms with Crippen molar-refractivity contribution in [1.82, 2.24) is 4.98 Å². The molecule has 0 aliphatic carbocycles. The lowest BCUT2D eigenvalue weighted by Gasteiger charge is -2.04. The van der Waals surface area contributed by atoms with Crippen LogP contribution in [0, 0.1) is 11.3 Å². The van der Waals surface area contributed by atoms with Crippen LogP contribution in [0.1, 0.15) is 5.56 Å². The van der Waals surface area contributed by atoms with Gasteiger partial charge in [-0.15, -0.1) is 0 Å². The molecule has 3 rings (SSSR count). The Morgan fingerprint density at radius 1 is 0.947 bits per heavy atom. The first-order chi connectivity index (χ1) is 9.36. The second kappa shape index (κ2) is 4.91. The van der Waals surface area contributed by atoms with E-state index < -0.39 is 0 Å². The van der Waals surface area contributed by atoms with E-state index >= 15 is 0 Å². The highest BCUT2D eigenvalue weighted by Crippen LogP contribution is 2.23. The third-order valence-electron chi connectivity index (χ3n) is 3.18. The van der Waals surface area contributed by atoms with Gasteiger partial charge in [0, 0.05) is 11.6 Å². The second-order valence-corrected chi connectivity index (χ2v) is 4.44. The summed E-state index contributed by atoms with van der Waals surface area (Å²) < 4.78 is 0. The van der Waals surface area contributed by atoms with Crippen molar-refractivity contribution >= 4 is 10.9 Å². The van der Waals surface area contributed by atoms with E-state index in [4.69, 9.17) is 5.26 Å². The molecular formula is C17H12N2. The van der Waals surface area contributed by atoms with Crippen LogP contribution in [0.15, 0.2) is 60.8 Å². The molecule has 19 heavy (non-hydrogen) atoms. The van der Waals surface area contributed by atoms with E-state index in [0.29, 0.717) is 6.42 Å². The molecule has 90 valence electrons. The van der Waals surface area contributed by atoms with Crippen LogP contribution in [0.25, 0.3) is 22.0 Å². The Morgan fingerprint density at radius 2 is 1.74 bits per heavy atom. The first-order valence-electron chi connectivity index (χ1n) is 6.18. The molecule has 0 radical (unpaired) electrons. The summed E-state index contributed by atoms with van der Waals surface area (Å²) in [5, 5.41) is 9.81. The fraction of sp³-hybridized carbons (Fsp3) is 0.0588. The van der Waals surface area contributed by atoms with Gasteiger partial charge in [0.1, 0.15) is 0 Å². The molecule has 0 aliphatic rings. The molecule has 2 aromatic carbocycles. The van der Waals surface area contributed by atoms with Gasteiger partial charge in [-0.1, -0.05) is 42.5 Å². The Hall–Kier alpha value is -2.66. The van der Waals surface area contributed by atoms with Crippen molar-refractivity contribution in [2.75, 3.05) is 0 Å². The largest absolute Gasteiger partial charge is 0.256 e. The highest BCUT2D eigenvalue weighted by molar-refractivity contribution is 5.84. The highest BCUT2D eigenvalue weighted by atomic mass is 14.6. The number of hydrogen-bond donors (Lipinski definition) is 0. The lowest BCUT2D eigenvalue weighted by molar-refractivity contribution is 1.26. The van der Waals surface area contributed by atoms with Crippen LogP contribution >= 0.6 is 0 Å². The zero-order valence-electron chi connectivity index (χ0n) is 10.4. The van der Waals surface area contributed by atoms with Crippen LogP contribution in [0.3, 0.4) is 0 Å². The molecule has 0 saturated heterocycles. The molecule has 2 heteroatoms. The third kappa shape index (κ3) is 2.31. The first kappa shape index (κ1) is 11.4. The van der Waals surface area contributed by atoms with E-state index in [0.717, 1.165) is 27.6 Å². The zero-order chi connectivity index (χ0) is 13.1. The first-order valence-corrected chi connectivity index (χ1v) is 6.18. The van der Waals surface area contributed by atoms with Crippen LogP contribution < -0.4 is 0 Å². The predicted octanol–water partition coefficient (Wildman–Crippen LogP) is 3.97. The maximum atomic E-state index is 8.67. The summed E-state index contributed by atoms with van der Waals surface area (Å²) in [6.45, 7) is 0. The van der Waals surface area contributed by atoms with Crippen LogP contribution in [-0.2, 0) is 6.42 Å². The average Bonchev–Trinajstić information content (AvgIpc) is 2.48. The summed E-state index contributed by atoms with van der Waals surface area (Å²) in [6.07, 6.45) is 2.27. The number of nitriles is 1. The van der Waals surface area contributed by atoms with Gasteiger partial charge in [-0.05, 0) is 28.8 Å². The van der Waals surface area contributed by atoms with E-state index in [-0.39, 0.29) is 0 Å². The minimum absolute atomic E-state index is 0.458. The fourth-order valence-electron chi connectivity index (χ4n) is 2.15. The van der Waals surface area contributed by atoms with E-state index in [9.17, 15) is 0 Å². The lowest BCUT2D eigenvalue weighted by Crippen LogP contribution is -1.84. The maximum Gasteiger partial charge on any atom is 0.0708 e. The van der Waals surface area contributed by atoms with E-state index in [1.54, 1.807) is 0 Å². The van der Waals surface area contributed by atoms with Crippen molar-refractivity contribution < 1.29 is 0 Å². The van der Waals surface area contributed by atoms with Gasteiger partial charge >= 0.3 is 0 Å². The van der Waals surface area contributed by atoms with Gasteiger partial charge in [-0.3, -0.25) is 4.98 Å². The third-order valence-corrected chi connectivity index (χ3v) is 3.18. The number of pyridine rings is 1. The second-order valence-electron chi connectivity index (χ2n) is 4.44. The van der Waals surface area contributed by atoms with Crippen molar-refractivity contribution in [3.8, 4) is 17.2 Å². The maximum absolute atomic E-state index is 8.67. The molecule has 0 bridgehead atoms. The Kier molecular flexibility index (Phi) is 2.96. The molecule has 0 aliphatic heterocycles. The number of aromatic nitrogens is 1. The van der Waals surface area contributed by atoms with Crippen molar-refractivity contribution in [3.05, 3.63) is 66.4 Å². The summed E-state index contributed by atoms with van der Waals surface area (Å²) in [7, 11) is 0. The summed E-state index contributed by atoms with van der Waals surface area (Å²) in [6, 6.07) is 20.5. The molecule has 0 spiro atoms. The Balaban J connectivity index is 2.01. The predicted molar refractivity (Wildman–Crippen MR) is 76.5 cm³/mol. The minimum atomic E-state index is 0.458. The Morgan fingerprint density at radius 3 is 2.53 bits per heavy atom. The number of rotatable bonds is 2. The van der Waals surface area contributed by atoms with Gasteiger partial charge in [-0.25, -0.2) is 0 Å². The SMILES string of the molecule is N#CCc1ccc(-c2ccc3cccnc3c2)cc1. The standard InChI is InChI=1S/C17H12N2/c18-10-9-13-3-5-14(6-4-13)16-8-7-15-2-1-11-19-17(15)12-16/h1-8,11-12H,9H2. The minimum Gasteiger partial charge on any atom is -0.256 e. The topological polar surface area (TPSA) is 36.7 Å². The molecule has 0 saturated carbocycles. The molecule has 0 unspecified atom stereocenters. The van der Waals surface area contributed by atoms with Crippen molar-refractivity contribution in [2.24, 2.45) is 0 Å². The Bertz CT molecular complexity index is 752. The molecule has 0 amide bonds. The van der Waals surface area contributed by atoms with Crippen molar-refractivity contribution in [1.29, 1.82) is 5.26 Å². The smallest absolute Gasteiger partial charge is 0.0708 e. The molecule has 0 fully saturated rings. The van der Waals surface area contributed by atoms with E-state index in [1.165, 1.54) is 0 Å². The van der Waals surface area contributed by atoms with Crippen molar-refractivity contribution in [3.63, 3.8) is 0 Å². The molecule has 1 aromatic heterocycles. The number of hydrogen-bond acceptors (Lipinski definition) is 2. The summed E-state index contributed by atoms with van der Waals surface area (Å²) >= 11 is 0. The number of fused-ring (bicyclic) bond motifs is 1. The number of nitrogens with zero attached hydrogens (tertiary/aromatic N) is 2. The van der Waals surface area contributed by atoms with Gasteiger partial charge in [0.25, 0.3) is 0 Å². The highest BCUT2D eigenvalue weighted by Gasteiger charge is 2.00. The zero-order valence-corrected chi connectivity index (χ0v) is 10.4. The van der Waals surface area contributed by atoms with E-state index in [2.05, 4.69) is 47.5 Å². The molecular weight excluding hydrogens is 232 g/mol. The van der Waals surface area contributed by atoms with Gasteiger partial charge < -0.3 is 0 Å². The van der Waals surface area contributed by atoms with Gasteiger partial charge in [0.05, 0.1) is 18.0 Å². The average molecular weight is 244 g/mol. The Labute approximate surface area is 112 Å². The molecule has 0 atom stereocenters. The van der Waals surface area contributed by atoms with Crippen LogP contribution in [0.4, 0.5) is 0 Å². The summed E-state index contributed by atoms with van der Waals surface area (Å²) in [4.78, 5) is 4.37. The molecule has 0 N–H and O–H groups in total. The van der Waals surface area contributed by atoms with Gasteiger partial charge in [0.2, 0.25) is 0 Å². The summed E-state index contributed by atoms with van der Waals surface area (Å²) in [5.74, 6) is 0. The van der Waals surface area contributed by atoms with Crippen LogP contribution in [-0.4, -0.2) is 4.98 Å².